The molecule has 0 amide bonds. The lowest BCUT2D eigenvalue weighted by Gasteiger charge is -2.11. The van der Waals surface area contributed by atoms with Crippen molar-refractivity contribution in [3.63, 3.8) is 0 Å². The van der Waals surface area contributed by atoms with E-state index < -0.39 is 0 Å². The fourth-order valence-electron chi connectivity index (χ4n) is 2.74. The van der Waals surface area contributed by atoms with Crippen molar-refractivity contribution in [1.82, 2.24) is 19.7 Å². The van der Waals surface area contributed by atoms with E-state index in [1.165, 1.54) is 5.56 Å². The van der Waals surface area contributed by atoms with Crippen LogP contribution in [0.25, 0.3) is 22.4 Å². The molecule has 0 bridgehead atoms. The van der Waals surface area contributed by atoms with Crippen LogP contribution in [0.4, 0.5) is 5.82 Å². The van der Waals surface area contributed by atoms with Gasteiger partial charge in [-0.2, -0.15) is 5.10 Å². The SMILES string of the molecule is CC(c1ccccc1)n1cc2c(N)nc(-c3ccccc3)nc2n1. The summed E-state index contributed by atoms with van der Waals surface area (Å²) in [6, 6.07) is 20.1. The largest absolute Gasteiger partial charge is 0.383 e. The van der Waals surface area contributed by atoms with Gasteiger partial charge in [0.25, 0.3) is 0 Å². The Morgan fingerprint density at radius 2 is 1.58 bits per heavy atom. The van der Waals surface area contributed by atoms with Crippen LogP contribution >= 0.6 is 0 Å². The highest BCUT2D eigenvalue weighted by molar-refractivity contribution is 5.86. The Labute approximate surface area is 139 Å². The Morgan fingerprint density at radius 3 is 2.29 bits per heavy atom. The average molecular weight is 315 g/mol. The molecule has 24 heavy (non-hydrogen) atoms. The number of benzene rings is 2. The summed E-state index contributed by atoms with van der Waals surface area (Å²) in [6.07, 6.45) is 1.91. The van der Waals surface area contributed by atoms with Gasteiger partial charge in [0.2, 0.25) is 0 Å². The second kappa shape index (κ2) is 5.77. The summed E-state index contributed by atoms with van der Waals surface area (Å²) >= 11 is 0. The maximum atomic E-state index is 6.14. The molecule has 2 heterocycles. The molecule has 0 aliphatic carbocycles. The van der Waals surface area contributed by atoms with Gasteiger partial charge in [-0.05, 0) is 12.5 Å². The molecule has 118 valence electrons. The Balaban J connectivity index is 1.80. The molecule has 0 saturated heterocycles. The number of nitrogens with two attached hydrogens (primary N) is 1. The highest BCUT2D eigenvalue weighted by atomic mass is 15.3. The fourth-order valence-corrected chi connectivity index (χ4v) is 2.74. The normalized spacial score (nSPS) is 12.4. The van der Waals surface area contributed by atoms with Gasteiger partial charge >= 0.3 is 0 Å². The molecule has 1 unspecified atom stereocenters. The molecule has 0 saturated carbocycles. The summed E-state index contributed by atoms with van der Waals surface area (Å²) in [7, 11) is 0. The molecule has 0 fully saturated rings. The lowest BCUT2D eigenvalue weighted by atomic mass is 10.1. The molecule has 0 aliphatic rings. The third-order valence-corrected chi connectivity index (χ3v) is 4.14. The van der Waals surface area contributed by atoms with Gasteiger partial charge < -0.3 is 5.73 Å². The fraction of sp³-hybridized carbons (Fsp3) is 0.105. The number of nitrogen functional groups attached to an aromatic ring is 1. The molecule has 0 spiro atoms. The molecule has 2 aromatic carbocycles. The molecule has 2 aromatic heterocycles. The van der Waals surface area contributed by atoms with Crippen LogP contribution in [0.15, 0.2) is 66.9 Å². The van der Waals surface area contributed by atoms with Gasteiger partial charge in [0.1, 0.15) is 5.82 Å². The quantitative estimate of drug-likeness (QED) is 0.626. The van der Waals surface area contributed by atoms with Crippen molar-refractivity contribution in [3.05, 3.63) is 72.4 Å². The summed E-state index contributed by atoms with van der Waals surface area (Å²) in [6.45, 7) is 2.10. The first kappa shape index (κ1) is 14.4. The van der Waals surface area contributed by atoms with E-state index in [0.29, 0.717) is 17.3 Å². The predicted octanol–water partition coefficient (Wildman–Crippen LogP) is 3.68. The first-order chi connectivity index (χ1) is 11.7. The standard InChI is InChI=1S/C19H17N5/c1-13(14-8-4-2-5-9-14)24-12-16-17(20)21-18(22-19(16)23-24)15-10-6-3-7-11-15/h2-13H,1H3,(H2,20,21,22,23). The first-order valence-electron chi connectivity index (χ1n) is 7.85. The number of rotatable bonds is 3. The second-order valence-electron chi connectivity index (χ2n) is 5.73. The van der Waals surface area contributed by atoms with E-state index in [2.05, 4.69) is 34.1 Å². The smallest absolute Gasteiger partial charge is 0.186 e. The minimum Gasteiger partial charge on any atom is -0.383 e. The molecule has 1 atom stereocenters. The van der Waals surface area contributed by atoms with Crippen molar-refractivity contribution in [3.8, 4) is 11.4 Å². The summed E-state index contributed by atoms with van der Waals surface area (Å²) in [5.74, 6) is 1.04. The van der Waals surface area contributed by atoms with Crippen LogP contribution < -0.4 is 5.73 Å². The number of anilines is 1. The van der Waals surface area contributed by atoms with Gasteiger partial charge in [-0.25, -0.2) is 9.97 Å². The molecule has 5 nitrogen and oxygen atoms in total. The van der Waals surface area contributed by atoms with Crippen LogP contribution in [0, 0.1) is 0 Å². The summed E-state index contributed by atoms with van der Waals surface area (Å²) in [5, 5.41) is 5.40. The Kier molecular flexibility index (Phi) is 3.46. The Morgan fingerprint density at radius 1 is 0.917 bits per heavy atom. The minimum atomic E-state index is 0.0972. The first-order valence-corrected chi connectivity index (χ1v) is 7.85. The van der Waals surface area contributed by atoms with Crippen molar-refractivity contribution >= 4 is 16.9 Å². The molecule has 4 aromatic rings. The van der Waals surface area contributed by atoms with Crippen LogP contribution in [-0.2, 0) is 0 Å². The van der Waals surface area contributed by atoms with Gasteiger partial charge in [-0.1, -0.05) is 60.7 Å². The topological polar surface area (TPSA) is 69.6 Å². The predicted molar refractivity (Wildman–Crippen MR) is 95.4 cm³/mol. The monoisotopic (exact) mass is 315 g/mol. The zero-order valence-electron chi connectivity index (χ0n) is 13.3. The second-order valence-corrected chi connectivity index (χ2v) is 5.73. The van der Waals surface area contributed by atoms with E-state index in [9.17, 15) is 0 Å². The highest BCUT2D eigenvalue weighted by Gasteiger charge is 2.14. The Bertz CT molecular complexity index is 977. The van der Waals surface area contributed by atoms with E-state index in [4.69, 9.17) is 5.73 Å². The van der Waals surface area contributed by atoms with E-state index in [0.717, 1.165) is 10.9 Å². The molecule has 4 rings (SSSR count). The molecule has 2 N–H and O–H groups in total. The molecular weight excluding hydrogens is 298 g/mol. The van der Waals surface area contributed by atoms with Gasteiger partial charge in [0, 0.05) is 11.8 Å². The van der Waals surface area contributed by atoms with Crippen molar-refractivity contribution in [1.29, 1.82) is 0 Å². The van der Waals surface area contributed by atoms with Gasteiger partial charge in [0.05, 0.1) is 11.4 Å². The van der Waals surface area contributed by atoms with Crippen LogP contribution in [0.1, 0.15) is 18.5 Å². The number of fused-ring (bicyclic) bond motifs is 1. The molecule has 5 heteroatoms. The van der Waals surface area contributed by atoms with E-state index in [1.807, 2.05) is 59.4 Å². The van der Waals surface area contributed by atoms with Crippen LogP contribution in [0.5, 0.6) is 0 Å². The van der Waals surface area contributed by atoms with Crippen molar-refractivity contribution in [2.24, 2.45) is 0 Å². The lowest BCUT2D eigenvalue weighted by Crippen LogP contribution is -2.06. The van der Waals surface area contributed by atoms with Crippen LogP contribution in [-0.4, -0.2) is 19.7 Å². The zero-order valence-corrected chi connectivity index (χ0v) is 13.3. The van der Waals surface area contributed by atoms with E-state index in [1.54, 1.807) is 0 Å². The van der Waals surface area contributed by atoms with Crippen molar-refractivity contribution in [2.45, 2.75) is 13.0 Å². The number of aromatic nitrogens is 4. The highest BCUT2D eigenvalue weighted by Crippen LogP contribution is 2.25. The molecule has 0 radical (unpaired) electrons. The van der Waals surface area contributed by atoms with Crippen LogP contribution in [0.3, 0.4) is 0 Å². The third-order valence-electron chi connectivity index (χ3n) is 4.14. The van der Waals surface area contributed by atoms with E-state index >= 15 is 0 Å². The maximum Gasteiger partial charge on any atom is 0.186 e. The van der Waals surface area contributed by atoms with Crippen LogP contribution in [0.2, 0.25) is 0 Å². The van der Waals surface area contributed by atoms with Crippen molar-refractivity contribution in [2.75, 3.05) is 5.73 Å². The lowest BCUT2D eigenvalue weighted by molar-refractivity contribution is 0.569. The number of nitrogens with zero attached hydrogens (tertiary/aromatic N) is 4. The number of hydrogen-bond donors (Lipinski definition) is 1. The zero-order chi connectivity index (χ0) is 16.5. The van der Waals surface area contributed by atoms with Gasteiger partial charge in [-0.15, -0.1) is 0 Å². The molecular formula is C19H17N5. The Hall–Kier alpha value is -3.21. The summed E-state index contributed by atoms with van der Waals surface area (Å²) in [5.41, 5.74) is 8.87. The summed E-state index contributed by atoms with van der Waals surface area (Å²) in [4.78, 5) is 9.01. The van der Waals surface area contributed by atoms with Gasteiger partial charge in [-0.3, -0.25) is 4.68 Å². The maximum absolute atomic E-state index is 6.14. The van der Waals surface area contributed by atoms with Crippen molar-refractivity contribution < 1.29 is 0 Å². The average Bonchev–Trinajstić information content (AvgIpc) is 3.07. The van der Waals surface area contributed by atoms with E-state index in [-0.39, 0.29) is 6.04 Å². The third kappa shape index (κ3) is 2.50. The van der Waals surface area contributed by atoms with Gasteiger partial charge in [0.15, 0.2) is 11.5 Å². The minimum absolute atomic E-state index is 0.0972. The molecule has 0 aliphatic heterocycles. The number of hydrogen-bond acceptors (Lipinski definition) is 4. The summed E-state index contributed by atoms with van der Waals surface area (Å²) < 4.78 is 1.89.